The monoisotopic (exact) mass is 407 g/mol. The smallest absolute Gasteiger partial charge is 0.397 e. The lowest BCUT2D eigenvalue weighted by Gasteiger charge is -2.11. The number of imide groups is 1. The predicted octanol–water partition coefficient (Wildman–Crippen LogP) is 4.27. The van der Waals surface area contributed by atoms with Crippen LogP contribution in [-0.2, 0) is 17.4 Å². The van der Waals surface area contributed by atoms with Gasteiger partial charge in [-0.1, -0.05) is 18.2 Å². The molecule has 0 unspecified atom stereocenters. The molecule has 2 aromatic rings. The largest absolute Gasteiger partial charge is 0.416 e. The van der Waals surface area contributed by atoms with Gasteiger partial charge >= 0.3 is 6.18 Å². The van der Waals surface area contributed by atoms with E-state index in [0.29, 0.717) is 34.8 Å². The molecule has 0 aromatic heterocycles. The molecule has 146 valence electrons. The van der Waals surface area contributed by atoms with Crippen molar-refractivity contribution in [1.29, 1.82) is 0 Å². The minimum absolute atomic E-state index is 0.297. The molecule has 9 heteroatoms. The van der Waals surface area contributed by atoms with Crippen molar-refractivity contribution in [2.24, 2.45) is 0 Å². The van der Waals surface area contributed by atoms with Gasteiger partial charge in [-0.05, 0) is 59.7 Å². The number of anilines is 2. The van der Waals surface area contributed by atoms with Gasteiger partial charge in [0.05, 0.1) is 21.8 Å². The first kappa shape index (κ1) is 19.8. The Labute approximate surface area is 163 Å². The van der Waals surface area contributed by atoms with E-state index in [1.165, 1.54) is 12.1 Å². The van der Waals surface area contributed by atoms with E-state index in [2.05, 4.69) is 10.6 Å². The summed E-state index contributed by atoms with van der Waals surface area (Å²) in [5, 5.41) is 4.91. The van der Waals surface area contributed by atoms with E-state index in [-0.39, 0.29) is 0 Å². The van der Waals surface area contributed by atoms with Gasteiger partial charge in [0.2, 0.25) is 0 Å². The molecule has 1 heterocycles. The van der Waals surface area contributed by atoms with E-state index in [1.54, 1.807) is 24.3 Å². The van der Waals surface area contributed by atoms with Gasteiger partial charge in [-0.2, -0.15) is 13.2 Å². The highest BCUT2D eigenvalue weighted by molar-refractivity contribution is 8.18. The number of nitrogens with two attached hydrogens (primary N) is 1. The van der Waals surface area contributed by atoms with Gasteiger partial charge in [0.25, 0.3) is 11.1 Å². The number of nitrogen functional groups attached to an aromatic ring is 1. The molecule has 1 fully saturated rings. The van der Waals surface area contributed by atoms with Crippen molar-refractivity contribution in [2.75, 3.05) is 17.6 Å². The summed E-state index contributed by atoms with van der Waals surface area (Å²) in [5.41, 5.74) is 7.85. The van der Waals surface area contributed by atoms with Gasteiger partial charge in [0, 0.05) is 6.54 Å². The Kier molecular flexibility index (Phi) is 5.64. The van der Waals surface area contributed by atoms with Crippen LogP contribution in [0.2, 0.25) is 0 Å². The highest BCUT2D eigenvalue weighted by Gasteiger charge is 2.29. The zero-order valence-electron chi connectivity index (χ0n) is 14.5. The fourth-order valence-electron chi connectivity index (χ4n) is 2.59. The molecule has 0 spiro atoms. The standard InChI is InChI=1S/C19H16F3N3O2S/c20-19(21,22)13-4-1-11(2-5-13)7-8-24-15-9-12(3-6-14(15)23)10-16-17(26)25-18(27)28-16/h1-6,9-10,24H,7-8,23H2,(H,25,26,27). The quantitative estimate of drug-likeness (QED) is 0.509. The summed E-state index contributed by atoms with van der Waals surface area (Å²) in [4.78, 5) is 23.1. The first-order valence-corrected chi connectivity index (χ1v) is 9.08. The molecule has 0 saturated carbocycles. The zero-order chi connectivity index (χ0) is 20.3. The number of rotatable bonds is 5. The maximum atomic E-state index is 12.6. The fourth-order valence-corrected chi connectivity index (χ4v) is 3.27. The van der Waals surface area contributed by atoms with Crippen molar-refractivity contribution in [3.05, 3.63) is 64.1 Å². The molecule has 0 radical (unpaired) electrons. The van der Waals surface area contributed by atoms with Gasteiger partial charge in [-0.15, -0.1) is 0 Å². The van der Waals surface area contributed by atoms with Crippen LogP contribution in [0.3, 0.4) is 0 Å². The topological polar surface area (TPSA) is 84.2 Å². The predicted molar refractivity (Wildman–Crippen MR) is 104 cm³/mol. The Balaban J connectivity index is 1.64. The second-order valence-electron chi connectivity index (χ2n) is 6.07. The van der Waals surface area contributed by atoms with Crippen molar-refractivity contribution in [3.63, 3.8) is 0 Å². The summed E-state index contributed by atoms with van der Waals surface area (Å²) in [7, 11) is 0. The number of carbonyl (C=O) groups excluding carboxylic acids is 2. The van der Waals surface area contributed by atoms with E-state index in [4.69, 9.17) is 5.73 Å². The van der Waals surface area contributed by atoms with E-state index in [1.807, 2.05) is 0 Å². The molecule has 0 bridgehead atoms. The van der Waals surface area contributed by atoms with Gasteiger partial charge in [-0.25, -0.2) is 0 Å². The van der Waals surface area contributed by atoms with Crippen molar-refractivity contribution < 1.29 is 22.8 Å². The van der Waals surface area contributed by atoms with E-state index >= 15 is 0 Å². The van der Waals surface area contributed by atoms with Crippen molar-refractivity contribution >= 4 is 40.4 Å². The lowest BCUT2D eigenvalue weighted by atomic mass is 10.1. The van der Waals surface area contributed by atoms with Gasteiger partial charge in [-0.3, -0.25) is 14.9 Å². The summed E-state index contributed by atoms with van der Waals surface area (Å²) in [6.45, 7) is 0.462. The Hall–Kier alpha value is -2.94. The lowest BCUT2D eigenvalue weighted by Crippen LogP contribution is -2.17. The molecule has 28 heavy (non-hydrogen) atoms. The maximum Gasteiger partial charge on any atom is 0.416 e. The highest BCUT2D eigenvalue weighted by atomic mass is 32.2. The number of hydrogen-bond donors (Lipinski definition) is 3. The molecule has 3 rings (SSSR count). The Bertz CT molecular complexity index is 940. The normalized spacial score (nSPS) is 15.8. The van der Waals surface area contributed by atoms with Crippen molar-refractivity contribution in [3.8, 4) is 0 Å². The lowest BCUT2D eigenvalue weighted by molar-refractivity contribution is -0.137. The van der Waals surface area contributed by atoms with Crippen LogP contribution in [0.1, 0.15) is 16.7 Å². The maximum absolute atomic E-state index is 12.6. The third kappa shape index (κ3) is 4.86. The molecule has 4 N–H and O–H groups in total. The number of benzene rings is 2. The van der Waals surface area contributed by atoms with Gasteiger partial charge in [0.1, 0.15) is 0 Å². The molecule has 0 atom stereocenters. The average molecular weight is 407 g/mol. The average Bonchev–Trinajstić information content (AvgIpc) is 2.94. The molecule has 1 aliphatic heterocycles. The summed E-state index contributed by atoms with van der Waals surface area (Å²) in [6.07, 6.45) is -2.25. The zero-order valence-corrected chi connectivity index (χ0v) is 15.3. The first-order chi connectivity index (χ1) is 13.2. The van der Waals surface area contributed by atoms with Crippen LogP contribution in [0.15, 0.2) is 47.4 Å². The SMILES string of the molecule is Nc1ccc(C=C2SC(=O)NC2=O)cc1NCCc1ccc(C(F)(F)F)cc1. The molecular weight excluding hydrogens is 391 g/mol. The van der Waals surface area contributed by atoms with Crippen molar-refractivity contribution in [2.45, 2.75) is 12.6 Å². The number of halogens is 3. The number of alkyl halides is 3. The summed E-state index contributed by atoms with van der Waals surface area (Å²) >= 11 is 0.826. The Morgan fingerprint density at radius 3 is 2.43 bits per heavy atom. The minimum Gasteiger partial charge on any atom is -0.397 e. The Morgan fingerprint density at radius 2 is 1.82 bits per heavy atom. The number of thioether (sulfide) groups is 1. The Morgan fingerprint density at radius 1 is 1.11 bits per heavy atom. The number of nitrogens with one attached hydrogen (secondary N) is 2. The fraction of sp³-hybridized carbons (Fsp3) is 0.158. The minimum atomic E-state index is -4.35. The highest BCUT2D eigenvalue weighted by Crippen LogP contribution is 2.30. The second-order valence-corrected chi connectivity index (χ2v) is 7.09. The van der Waals surface area contributed by atoms with Crippen molar-refractivity contribution in [1.82, 2.24) is 5.32 Å². The van der Waals surface area contributed by atoms with Crippen LogP contribution in [0.25, 0.3) is 6.08 Å². The van der Waals surface area contributed by atoms with E-state index in [0.717, 1.165) is 29.5 Å². The molecular formula is C19H16F3N3O2S. The molecule has 1 aliphatic rings. The molecule has 2 aromatic carbocycles. The van der Waals surface area contributed by atoms with Crippen LogP contribution in [0.4, 0.5) is 29.3 Å². The van der Waals surface area contributed by atoms with Crippen LogP contribution < -0.4 is 16.4 Å². The van der Waals surface area contributed by atoms with Gasteiger partial charge < -0.3 is 11.1 Å². The van der Waals surface area contributed by atoms with E-state index < -0.39 is 22.9 Å². The van der Waals surface area contributed by atoms with Crippen LogP contribution >= 0.6 is 11.8 Å². The molecule has 1 saturated heterocycles. The molecule has 0 aliphatic carbocycles. The third-order valence-corrected chi connectivity index (χ3v) is 4.84. The summed E-state index contributed by atoms with van der Waals surface area (Å²) < 4.78 is 37.8. The van der Waals surface area contributed by atoms with Crippen LogP contribution in [0.5, 0.6) is 0 Å². The van der Waals surface area contributed by atoms with Crippen LogP contribution in [0, 0.1) is 0 Å². The van der Waals surface area contributed by atoms with Crippen LogP contribution in [-0.4, -0.2) is 17.7 Å². The summed E-state index contributed by atoms with van der Waals surface area (Å²) in [5.74, 6) is -0.441. The number of hydrogen-bond acceptors (Lipinski definition) is 5. The number of amides is 2. The van der Waals surface area contributed by atoms with E-state index in [9.17, 15) is 22.8 Å². The first-order valence-electron chi connectivity index (χ1n) is 8.27. The second kappa shape index (κ2) is 7.97. The third-order valence-electron chi connectivity index (χ3n) is 4.03. The molecule has 5 nitrogen and oxygen atoms in total. The molecule has 2 amide bonds. The summed E-state index contributed by atoms with van der Waals surface area (Å²) in [6, 6.07) is 10.1. The number of carbonyl (C=O) groups is 2. The van der Waals surface area contributed by atoms with Gasteiger partial charge in [0.15, 0.2) is 0 Å².